The molecule has 2 aromatic rings. The number of esters is 1. The zero-order valence-corrected chi connectivity index (χ0v) is 19.8. The lowest BCUT2D eigenvalue weighted by atomic mass is 9.96. The van der Waals surface area contributed by atoms with Crippen molar-refractivity contribution >= 4 is 23.6 Å². The number of piperidine rings is 1. The zero-order valence-electron chi connectivity index (χ0n) is 19.8. The lowest BCUT2D eigenvalue weighted by Crippen LogP contribution is -2.53. The van der Waals surface area contributed by atoms with E-state index >= 15 is 0 Å². The molecule has 34 heavy (non-hydrogen) atoms. The largest absolute Gasteiger partial charge is 0.494 e. The van der Waals surface area contributed by atoms with Crippen LogP contribution >= 0.6 is 0 Å². The standard InChI is InChI=1S/C26H33N3O5/c1-3-33-22-14-12-21(13-15-22)27-26(32)28-23(17-19-9-6-5-7-10-19)24(30)29-16-8-11-20(18-29)25(31)34-4-2/h5-7,9-10,12-15,20,23H,3-4,8,11,16-18H2,1-2H3,(H2,27,28,32). The number of benzene rings is 2. The van der Waals surface area contributed by atoms with Gasteiger partial charge in [-0.05, 0) is 56.5 Å². The van der Waals surface area contributed by atoms with Crippen molar-refractivity contribution in [3.63, 3.8) is 0 Å². The molecule has 2 N–H and O–H groups in total. The number of nitrogens with one attached hydrogen (secondary N) is 2. The smallest absolute Gasteiger partial charge is 0.319 e. The second-order valence-corrected chi connectivity index (χ2v) is 8.17. The van der Waals surface area contributed by atoms with Gasteiger partial charge in [-0.1, -0.05) is 30.3 Å². The van der Waals surface area contributed by atoms with E-state index in [2.05, 4.69) is 10.6 Å². The number of carbonyl (C=O) groups is 3. The van der Waals surface area contributed by atoms with Crippen molar-refractivity contribution in [3.8, 4) is 5.75 Å². The minimum atomic E-state index is -0.772. The molecular formula is C26H33N3O5. The highest BCUT2D eigenvalue weighted by Crippen LogP contribution is 2.20. The van der Waals surface area contributed by atoms with Crippen LogP contribution in [0.15, 0.2) is 54.6 Å². The van der Waals surface area contributed by atoms with Crippen LogP contribution in [0.5, 0.6) is 5.75 Å². The molecule has 0 radical (unpaired) electrons. The summed E-state index contributed by atoms with van der Waals surface area (Å²) in [6.45, 7) is 5.39. The molecule has 1 aliphatic heterocycles. The van der Waals surface area contributed by atoms with Gasteiger partial charge in [-0.3, -0.25) is 9.59 Å². The van der Waals surface area contributed by atoms with Gasteiger partial charge >= 0.3 is 12.0 Å². The van der Waals surface area contributed by atoms with Crippen molar-refractivity contribution < 1.29 is 23.9 Å². The van der Waals surface area contributed by atoms with Gasteiger partial charge in [-0.25, -0.2) is 4.79 Å². The number of urea groups is 1. The summed E-state index contributed by atoms with van der Waals surface area (Å²) in [4.78, 5) is 40.1. The molecule has 3 amide bonds. The molecule has 0 aliphatic carbocycles. The van der Waals surface area contributed by atoms with Gasteiger partial charge in [-0.2, -0.15) is 0 Å². The number of nitrogens with zero attached hydrogens (tertiary/aromatic N) is 1. The second-order valence-electron chi connectivity index (χ2n) is 8.17. The van der Waals surface area contributed by atoms with Gasteiger partial charge in [0.2, 0.25) is 5.91 Å². The highest BCUT2D eigenvalue weighted by molar-refractivity contribution is 5.94. The zero-order chi connectivity index (χ0) is 24.3. The van der Waals surface area contributed by atoms with Gasteiger partial charge in [0.25, 0.3) is 0 Å². The second kappa shape index (κ2) is 12.6. The van der Waals surface area contributed by atoms with E-state index in [4.69, 9.17) is 9.47 Å². The Morgan fingerprint density at radius 1 is 1.03 bits per heavy atom. The van der Waals surface area contributed by atoms with Gasteiger partial charge in [0, 0.05) is 25.2 Å². The van der Waals surface area contributed by atoms with Crippen LogP contribution in [0.2, 0.25) is 0 Å². The van der Waals surface area contributed by atoms with E-state index in [1.807, 2.05) is 37.3 Å². The molecule has 1 saturated heterocycles. The minimum Gasteiger partial charge on any atom is -0.494 e. The van der Waals surface area contributed by atoms with E-state index < -0.39 is 12.1 Å². The number of rotatable bonds is 9. The first-order valence-electron chi connectivity index (χ1n) is 11.8. The Morgan fingerprint density at radius 3 is 2.44 bits per heavy atom. The third kappa shape index (κ3) is 7.23. The molecule has 2 aromatic carbocycles. The molecule has 1 fully saturated rings. The molecule has 8 heteroatoms. The van der Waals surface area contributed by atoms with E-state index in [1.54, 1.807) is 36.1 Å². The van der Waals surface area contributed by atoms with Gasteiger partial charge in [0.05, 0.1) is 19.1 Å². The maximum atomic E-state index is 13.4. The van der Waals surface area contributed by atoms with Crippen molar-refractivity contribution in [1.82, 2.24) is 10.2 Å². The number of hydrogen-bond acceptors (Lipinski definition) is 5. The Morgan fingerprint density at radius 2 is 1.76 bits per heavy atom. The van der Waals surface area contributed by atoms with Crippen LogP contribution in [-0.2, 0) is 20.7 Å². The van der Waals surface area contributed by atoms with Gasteiger partial charge in [0.1, 0.15) is 11.8 Å². The third-order valence-corrected chi connectivity index (χ3v) is 5.66. The Kier molecular flexibility index (Phi) is 9.31. The summed E-state index contributed by atoms with van der Waals surface area (Å²) in [6.07, 6.45) is 1.75. The Labute approximate surface area is 200 Å². The normalized spacial score (nSPS) is 16.3. The quantitative estimate of drug-likeness (QED) is 0.549. The Balaban J connectivity index is 1.69. The molecule has 182 valence electrons. The van der Waals surface area contributed by atoms with Crippen LogP contribution in [0.25, 0.3) is 0 Å². The number of hydrogen-bond donors (Lipinski definition) is 2. The fourth-order valence-corrected chi connectivity index (χ4v) is 4.03. The third-order valence-electron chi connectivity index (χ3n) is 5.66. The van der Waals surface area contributed by atoms with Gasteiger partial charge in [-0.15, -0.1) is 0 Å². The highest BCUT2D eigenvalue weighted by atomic mass is 16.5. The fraction of sp³-hybridized carbons (Fsp3) is 0.423. The van der Waals surface area contributed by atoms with E-state index in [9.17, 15) is 14.4 Å². The number of likely N-dealkylation sites (tertiary alicyclic amines) is 1. The highest BCUT2D eigenvalue weighted by Gasteiger charge is 2.33. The topological polar surface area (TPSA) is 97.0 Å². The van der Waals surface area contributed by atoms with Crippen LogP contribution < -0.4 is 15.4 Å². The molecule has 2 atom stereocenters. The number of amides is 3. The average molecular weight is 468 g/mol. The first-order valence-corrected chi connectivity index (χ1v) is 11.8. The fourth-order valence-electron chi connectivity index (χ4n) is 4.03. The van der Waals surface area contributed by atoms with E-state index in [1.165, 1.54) is 0 Å². The summed E-state index contributed by atoms with van der Waals surface area (Å²) < 4.78 is 10.6. The summed E-state index contributed by atoms with van der Waals surface area (Å²) >= 11 is 0. The molecule has 3 rings (SSSR count). The molecular weight excluding hydrogens is 434 g/mol. The SMILES string of the molecule is CCOC(=O)C1CCCN(C(=O)C(Cc2ccccc2)NC(=O)Nc2ccc(OCC)cc2)C1. The molecule has 0 bridgehead atoms. The predicted octanol–water partition coefficient (Wildman–Crippen LogP) is 3.62. The number of anilines is 1. The van der Waals surface area contributed by atoms with E-state index in [-0.39, 0.29) is 17.8 Å². The van der Waals surface area contributed by atoms with Crippen molar-refractivity contribution in [2.24, 2.45) is 5.92 Å². The van der Waals surface area contributed by atoms with Crippen molar-refractivity contribution in [3.05, 3.63) is 60.2 Å². The number of ether oxygens (including phenoxy) is 2. The van der Waals surface area contributed by atoms with E-state index in [0.717, 1.165) is 5.56 Å². The van der Waals surface area contributed by atoms with Crippen LogP contribution in [0, 0.1) is 5.92 Å². The maximum absolute atomic E-state index is 13.4. The molecule has 1 aliphatic rings. The maximum Gasteiger partial charge on any atom is 0.319 e. The Hall–Kier alpha value is -3.55. The monoisotopic (exact) mass is 467 g/mol. The first kappa shape index (κ1) is 25.1. The summed E-state index contributed by atoms with van der Waals surface area (Å²) in [5, 5.41) is 5.61. The molecule has 0 spiro atoms. The van der Waals surface area contributed by atoms with Crippen molar-refractivity contribution in [2.75, 3.05) is 31.6 Å². The predicted molar refractivity (Wildman–Crippen MR) is 130 cm³/mol. The lowest BCUT2D eigenvalue weighted by molar-refractivity contribution is -0.151. The average Bonchev–Trinajstić information content (AvgIpc) is 2.85. The van der Waals surface area contributed by atoms with Gasteiger partial charge in [0.15, 0.2) is 0 Å². The molecule has 2 unspecified atom stereocenters. The van der Waals surface area contributed by atoms with Crippen molar-refractivity contribution in [1.29, 1.82) is 0 Å². The van der Waals surface area contributed by atoms with Crippen molar-refractivity contribution in [2.45, 2.75) is 39.2 Å². The molecule has 1 heterocycles. The lowest BCUT2D eigenvalue weighted by Gasteiger charge is -2.34. The minimum absolute atomic E-state index is 0.209. The molecule has 8 nitrogen and oxygen atoms in total. The first-order chi connectivity index (χ1) is 16.5. The van der Waals surface area contributed by atoms with Crippen LogP contribution in [0.4, 0.5) is 10.5 Å². The Bertz CT molecular complexity index is 949. The molecule has 0 saturated carbocycles. The van der Waals surface area contributed by atoms with Gasteiger partial charge < -0.3 is 25.0 Å². The van der Waals surface area contributed by atoms with Crippen LogP contribution in [-0.4, -0.2) is 55.2 Å². The summed E-state index contributed by atoms with van der Waals surface area (Å²) in [5.74, 6) is -0.111. The summed E-state index contributed by atoms with van der Waals surface area (Å²) in [5.41, 5.74) is 1.52. The molecule has 0 aromatic heterocycles. The summed E-state index contributed by atoms with van der Waals surface area (Å²) in [6, 6.07) is 15.3. The number of carbonyl (C=O) groups excluding carboxylic acids is 3. The van der Waals surface area contributed by atoms with Crippen LogP contribution in [0.3, 0.4) is 0 Å². The van der Waals surface area contributed by atoms with Crippen LogP contribution in [0.1, 0.15) is 32.3 Å². The summed E-state index contributed by atoms with van der Waals surface area (Å²) in [7, 11) is 0. The van der Waals surface area contributed by atoms with E-state index in [0.29, 0.717) is 57.0 Å².